The van der Waals surface area contributed by atoms with E-state index in [-0.39, 0.29) is 12.0 Å². The Bertz CT molecular complexity index is 190. The Labute approximate surface area is 85.9 Å². The number of rotatable bonds is 7. The normalized spacial score (nSPS) is 20.4. The van der Waals surface area contributed by atoms with E-state index in [1.165, 1.54) is 12.8 Å². The zero-order valence-electron chi connectivity index (χ0n) is 9.12. The summed E-state index contributed by atoms with van der Waals surface area (Å²) in [6, 6.07) is -0.351. The highest BCUT2D eigenvalue weighted by Crippen LogP contribution is 2.28. The van der Waals surface area contributed by atoms with Gasteiger partial charge in [0, 0.05) is 0 Å². The molecule has 1 aliphatic carbocycles. The maximum atomic E-state index is 11.0. The Hall–Kier alpha value is -0.570. The fourth-order valence-corrected chi connectivity index (χ4v) is 1.77. The van der Waals surface area contributed by atoms with Crippen molar-refractivity contribution >= 4 is 5.97 Å². The summed E-state index contributed by atoms with van der Waals surface area (Å²) in [6.07, 6.45) is 4.56. The van der Waals surface area contributed by atoms with Gasteiger partial charge in [0.1, 0.15) is 6.04 Å². The first-order valence-electron chi connectivity index (χ1n) is 5.61. The van der Waals surface area contributed by atoms with Crippen LogP contribution in [0, 0.1) is 11.8 Å². The van der Waals surface area contributed by atoms with E-state index in [9.17, 15) is 4.79 Å². The SMILES string of the molecule is CCCC(C)C(NCC1CC1)C(=O)O. The quantitative estimate of drug-likeness (QED) is 0.658. The summed E-state index contributed by atoms with van der Waals surface area (Å²) in [6.45, 7) is 4.99. The third-order valence-electron chi connectivity index (χ3n) is 2.90. The zero-order chi connectivity index (χ0) is 10.6. The second-order valence-corrected chi connectivity index (χ2v) is 4.43. The van der Waals surface area contributed by atoms with Gasteiger partial charge < -0.3 is 10.4 Å². The van der Waals surface area contributed by atoms with Crippen LogP contribution in [0.4, 0.5) is 0 Å². The van der Waals surface area contributed by atoms with Gasteiger partial charge in [-0.2, -0.15) is 0 Å². The summed E-state index contributed by atoms with van der Waals surface area (Å²) >= 11 is 0. The number of carboxylic acid groups (broad SMARTS) is 1. The number of nitrogens with one attached hydrogen (secondary N) is 1. The Morgan fingerprint density at radius 3 is 2.64 bits per heavy atom. The van der Waals surface area contributed by atoms with Crippen molar-refractivity contribution in [1.29, 1.82) is 0 Å². The first-order chi connectivity index (χ1) is 6.65. The van der Waals surface area contributed by atoms with Gasteiger partial charge in [-0.15, -0.1) is 0 Å². The van der Waals surface area contributed by atoms with Gasteiger partial charge in [-0.1, -0.05) is 20.3 Å². The molecule has 2 N–H and O–H groups in total. The lowest BCUT2D eigenvalue weighted by molar-refractivity contribution is -0.140. The summed E-state index contributed by atoms with van der Waals surface area (Å²) in [5.41, 5.74) is 0. The highest BCUT2D eigenvalue weighted by atomic mass is 16.4. The minimum atomic E-state index is -0.702. The molecule has 0 spiro atoms. The molecule has 1 rings (SSSR count). The summed E-state index contributed by atoms with van der Waals surface area (Å²) < 4.78 is 0. The van der Waals surface area contributed by atoms with Gasteiger partial charge >= 0.3 is 5.97 Å². The molecule has 0 heterocycles. The van der Waals surface area contributed by atoms with E-state index in [0.29, 0.717) is 0 Å². The molecule has 0 saturated heterocycles. The van der Waals surface area contributed by atoms with Crippen molar-refractivity contribution in [2.75, 3.05) is 6.54 Å². The maximum Gasteiger partial charge on any atom is 0.320 e. The predicted octanol–water partition coefficient (Wildman–Crippen LogP) is 1.88. The Morgan fingerprint density at radius 2 is 2.21 bits per heavy atom. The molecule has 0 bridgehead atoms. The van der Waals surface area contributed by atoms with Crippen LogP contribution in [0.5, 0.6) is 0 Å². The molecule has 0 aromatic rings. The van der Waals surface area contributed by atoms with Crippen LogP contribution in [0.25, 0.3) is 0 Å². The van der Waals surface area contributed by atoms with Crippen LogP contribution in [-0.4, -0.2) is 23.7 Å². The minimum absolute atomic E-state index is 0.233. The van der Waals surface area contributed by atoms with E-state index < -0.39 is 5.97 Å². The maximum absolute atomic E-state index is 11.0. The Balaban J connectivity index is 2.31. The van der Waals surface area contributed by atoms with Gasteiger partial charge in [0.15, 0.2) is 0 Å². The van der Waals surface area contributed by atoms with E-state index in [0.717, 1.165) is 25.3 Å². The van der Waals surface area contributed by atoms with Crippen LogP contribution in [0.2, 0.25) is 0 Å². The van der Waals surface area contributed by atoms with Crippen molar-refractivity contribution in [1.82, 2.24) is 5.32 Å². The summed E-state index contributed by atoms with van der Waals surface area (Å²) in [5.74, 6) is 0.272. The molecular formula is C11H21NO2. The molecular weight excluding hydrogens is 178 g/mol. The molecule has 3 nitrogen and oxygen atoms in total. The summed E-state index contributed by atoms with van der Waals surface area (Å²) in [7, 11) is 0. The van der Waals surface area contributed by atoms with Crippen LogP contribution in [0.3, 0.4) is 0 Å². The molecule has 1 aliphatic rings. The number of hydrogen-bond acceptors (Lipinski definition) is 2. The first-order valence-corrected chi connectivity index (χ1v) is 5.61. The molecule has 1 saturated carbocycles. The lowest BCUT2D eigenvalue weighted by atomic mass is 9.97. The zero-order valence-corrected chi connectivity index (χ0v) is 9.12. The highest BCUT2D eigenvalue weighted by Gasteiger charge is 2.27. The molecule has 0 amide bonds. The van der Waals surface area contributed by atoms with E-state index >= 15 is 0 Å². The van der Waals surface area contributed by atoms with Gasteiger partial charge in [0.2, 0.25) is 0 Å². The van der Waals surface area contributed by atoms with Crippen LogP contribution < -0.4 is 5.32 Å². The van der Waals surface area contributed by atoms with Crippen molar-refractivity contribution in [3.05, 3.63) is 0 Å². The van der Waals surface area contributed by atoms with Gasteiger partial charge in [-0.25, -0.2) is 0 Å². The van der Waals surface area contributed by atoms with E-state index in [4.69, 9.17) is 5.11 Å². The largest absolute Gasteiger partial charge is 0.480 e. The van der Waals surface area contributed by atoms with Gasteiger partial charge in [0.25, 0.3) is 0 Å². The Morgan fingerprint density at radius 1 is 1.57 bits per heavy atom. The van der Waals surface area contributed by atoms with Crippen molar-refractivity contribution < 1.29 is 9.90 Å². The average molecular weight is 199 g/mol. The van der Waals surface area contributed by atoms with Crippen molar-refractivity contribution in [2.24, 2.45) is 11.8 Å². The lowest BCUT2D eigenvalue weighted by Crippen LogP contribution is -2.42. The van der Waals surface area contributed by atoms with E-state index in [1.807, 2.05) is 6.92 Å². The standard InChI is InChI=1S/C11H21NO2/c1-3-4-8(2)10(11(13)14)12-7-9-5-6-9/h8-10,12H,3-7H2,1-2H3,(H,13,14). The molecule has 2 unspecified atom stereocenters. The van der Waals surface area contributed by atoms with Gasteiger partial charge in [-0.05, 0) is 37.6 Å². The molecule has 14 heavy (non-hydrogen) atoms. The van der Waals surface area contributed by atoms with Crippen molar-refractivity contribution in [3.8, 4) is 0 Å². The molecule has 0 radical (unpaired) electrons. The minimum Gasteiger partial charge on any atom is -0.480 e. The monoisotopic (exact) mass is 199 g/mol. The Kier molecular flexibility index (Phi) is 4.39. The molecule has 82 valence electrons. The third kappa shape index (κ3) is 3.66. The van der Waals surface area contributed by atoms with E-state index in [1.54, 1.807) is 0 Å². The molecule has 0 aromatic heterocycles. The number of hydrogen-bond donors (Lipinski definition) is 2. The van der Waals surface area contributed by atoms with Crippen molar-refractivity contribution in [3.63, 3.8) is 0 Å². The number of carbonyl (C=O) groups is 1. The first kappa shape index (κ1) is 11.5. The van der Waals surface area contributed by atoms with Crippen LogP contribution >= 0.6 is 0 Å². The van der Waals surface area contributed by atoms with E-state index in [2.05, 4.69) is 12.2 Å². The lowest BCUT2D eigenvalue weighted by Gasteiger charge is -2.20. The molecule has 3 heteroatoms. The fraction of sp³-hybridized carbons (Fsp3) is 0.909. The second kappa shape index (κ2) is 5.35. The van der Waals surface area contributed by atoms with Crippen LogP contribution in [0.1, 0.15) is 39.5 Å². The predicted molar refractivity (Wildman–Crippen MR) is 56.2 cm³/mol. The van der Waals surface area contributed by atoms with Gasteiger partial charge in [0.05, 0.1) is 0 Å². The topological polar surface area (TPSA) is 49.3 Å². The fourth-order valence-electron chi connectivity index (χ4n) is 1.77. The van der Waals surface area contributed by atoms with Crippen molar-refractivity contribution in [2.45, 2.75) is 45.6 Å². The molecule has 0 aliphatic heterocycles. The van der Waals surface area contributed by atoms with Gasteiger partial charge in [-0.3, -0.25) is 4.79 Å². The molecule has 1 fully saturated rings. The second-order valence-electron chi connectivity index (χ2n) is 4.43. The molecule has 0 aromatic carbocycles. The number of aliphatic carboxylic acids is 1. The summed E-state index contributed by atoms with van der Waals surface area (Å²) in [5, 5.41) is 12.2. The average Bonchev–Trinajstić information content (AvgIpc) is 2.88. The molecule has 2 atom stereocenters. The smallest absolute Gasteiger partial charge is 0.320 e. The summed E-state index contributed by atoms with van der Waals surface area (Å²) in [4.78, 5) is 11.0. The van der Waals surface area contributed by atoms with Crippen LogP contribution in [0.15, 0.2) is 0 Å². The third-order valence-corrected chi connectivity index (χ3v) is 2.90. The highest BCUT2D eigenvalue weighted by molar-refractivity contribution is 5.73. The number of carboxylic acids is 1. The van der Waals surface area contributed by atoms with Crippen LogP contribution in [-0.2, 0) is 4.79 Å².